The first-order valence-electron chi connectivity index (χ1n) is 11.1. The molecule has 2 aliphatic heterocycles. The zero-order valence-corrected chi connectivity index (χ0v) is 19.0. The van der Waals surface area contributed by atoms with E-state index in [9.17, 15) is 37.7 Å². The second-order valence-electron chi connectivity index (χ2n) is 8.45. The molecule has 1 saturated heterocycles. The number of hydrogen-bond donors (Lipinski definition) is 1. The summed E-state index contributed by atoms with van der Waals surface area (Å²) in [6.07, 6.45) is -4.71. The van der Waals surface area contributed by atoms with Gasteiger partial charge in [-0.2, -0.15) is 13.2 Å². The molecule has 2 aromatic rings. The van der Waals surface area contributed by atoms with Crippen LogP contribution < -0.4 is 10.2 Å². The number of anilines is 1. The summed E-state index contributed by atoms with van der Waals surface area (Å²) in [6.45, 7) is 1.91. The number of nitro groups is 1. The van der Waals surface area contributed by atoms with Crippen LogP contribution in [0.4, 0.5) is 24.5 Å². The number of nitrogens with zero attached hydrogens (tertiary/aromatic N) is 4. The number of hydrogen-bond acceptors (Lipinski definition) is 7. The highest BCUT2D eigenvalue weighted by Gasteiger charge is 2.39. The molecule has 2 aliphatic rings. The molecule has 0 spiro atoms. The molecule has 1 fully saturated rings. The molecule has 1 N–H and O–H groups in total. The first-order valence-corrected chi connectivity index (χ1v) is 11.1. The maximum Gasteiger partial charge on any atom is 0.416 e. The van der Waals surface area contributed by atoms with Gasteiger partial charge in [-0.1, -0.05) is 12.1 Å². The summed E-state index contributed by atoms with van der Waals surface area (Å²) in [7, 11) is 0. The molecule has 0 aliphatic carbocycles. The van der Waals surface area contributed by atoms with Gasteiger partial charge in [-0.25, -0.2) is 0 Å². The number of amides is 2. The number of ketones is 1. The normalized spacial score (nSPS) is 16.6. The van der Waals surface area contributed by atoms with Gasteiger partial charge in [0.2, 0.25) is 0 Å². The quantitative estimate of drug-likeness (QED) is 0.472. The highest BCUT2D eigenvalue weighted by molar-refractivity contribution is 6.14. The van der Waals surface area contributed by atoms with Crippen LogP contribution in [-0.2, 0) is 11.0 Å². The van der Waals surface area contributed by atoms with E-state index >= 15 is 0 Å². The van der Waals surface area contributed by atoms with Crippen molar-refractivity contribution in [2.24, 2.45) is 0 Å². The highest BCUT2D eigenvalue weighted by Crippen LogP contribution is 2.37. The first-order chi connectivity index (χ1) is 17.1. The lowest BCUT2D eigenvalue weighted by atomic mass is 10.0. The van der Waals surface area contributed by atoms with Crippen LogP contribution in [0.2, 0.25) is 0 Å². The average Bonchev–Trinajstić information content (AvgIpc) is 2.85. The molecule has 0 radical (unpaired) electrons. The van der Waals surface area contributed by atoms with E-state index in [2.05, 4.69) is 5.32 Å². The van der Waals surface area contributed by atoms with Gasteiger partial charge in [0, 0.05) is 37.8 Å². The summed E-state index contributed by atoms with van der Waals surface area (Å²) in [6, 6.07) is 7.31. The number of para-hydroxylation sites is 1. The minimum atomic E-state index is -4.71. The molecule has 13 heteroatoms. The molecule has 2 amide bonds. The van der Waals surface area contributed by atoms with E-state index in [0.29, 0.717) is 32.2 Å². The van der Waals surface area contributed by atoms with Gasteiger partial charge in [-0.05, 0) is 24.3 Å². The molecule has 4 rings (SSSR count). The van der Waals surface area contributed by atoms with Crippen LogP contribution in [0, 0.1) is 10.1 Å². The summed E-state index contributed by atoms with van der Waals surface area (Å²) in [5, 5.41) is 14.8. The minimum absolute atomic E-state index is 0.0782. The summed E-state index contributed by atoms with van der Waals surface area (Å²) in [5.41, 5.74) is -2.48. The van der Waals surface area contributed by atoms with Gasteiger partial charge in [0.25, 0.3) is 17.5 Å². The Morgan fingerprint density at radius 2 is 1.75 bits per heavy atom. The number of carbonyl (C=O) groups is 3. The van der Waals surface area contributed by atoms with Crippen molar-refractivity contribution in [1.29, 1.82) is 0 Å². The maximum absolute atomic E-state index is 13.4. The van der Waals surface area contributed by atoms with E-state index in [-0.39, 0.29) is 35.7 Å². The van der Waals surface area contributed by atoms with E-state index < -0.39 is 40.8 Å². The molecular weight excluding hydrogens is 483 g/mol. The Bertz CT molecular complexity index is 1210. The summed E-state index contributed by atoms with van der Waals surface area (Å²) in [4.78, 5) is 54.0. The summed E-state index contributed by atoms with van der Waals surface area (Å²) in [5.74, 6) is -1.95. The fraction of sp³-hybridized carbons (Fsp3) is 0.348. The van der Waals surface area contributed by atoms with E-state index in [1.165, 1.54) is 12.1 Å². The van der Waals surface area contributed by atoms with Crippen molar-refractivity contribution in [3.63, 3.8) is 0 Å². The van der Waals surface area contributed by atoms with Gasteiger partial charge >= 0.3 is 6.18 Å². The zero-order chi connectivity index (χ0) is 26.0. The van der Waals surface area contributed by atoms with Crippen LogP contribution in [0.15, 0.2) is 42.5 Å². The molecule has 0 aromatic heterocycles. The molecule has 0 unspecified atom stereocenters. The predicted octanol–water partition coefficient (Wildman–Crippen LogP) is 2.15. The Labute approximate surface area is 203 Å². The Balaban J connectivity index is 1.68. The van der Waals surface area contributed by atoms with E-state index in [1.807, 2.05) is 4.90 Å². The average molecular weight is 505 g/mol. The summed E-state index contributed by atoms with van der Waals surface area (Å²) < 4.78 is 39.7. The Morgan fingerprint density at radius 1 is 1.06 bits per heavy atom. The van der Waals surface area contributed by atoms with Crippen molar-refractivity contribution in [2.45, 2.75) is 6.18 Å². The Hall–Kier alpha value is -3.84. The second kappa shape index (κ2) is 10.0. The topological polar surface area (TPSA) is 116 Å². The van der Waals surface area contributed by atoms with Crippen LogP contribution in [0.5, 0.6) is 0 Å². The van der Waals surface area contributed by atoms with Gasteiger partial charge in [0.15, 0.2) is 5.78 Å². The monoisotopic (exact) mass is 505 g/mol. The molecule has 190 valence electrons. The van der Waals surface area contributed by atoms with Crippen LogP contribution in [0.1, 0.15) is 26.3 Å². The Morgan fingerprint density at radius 3 is 2.42 bits per heavy atom. The number of alkyl halides is 3. The zero-order valence-electron chi connectivity index (χ0n) is 19.0. The lowest BCUT2D eigenvalue weighted by Crippen LogP contribution is -2.52. The van der Waals surface area contributed by atoms with Crippen molar-refractivity contribution >= 4 is 29.0 Å². The number of nitrogens with one attached hydrogen (secondary N) is 1. The number of nitro benzene ring substituents is 1. The van der Waals surface area contributed by atoms with Crippen LogP contribution in [0.25, 0.3) is 0 Å². The third kappa shape index (κ3) is 5.21. The number of rotatable bonds is 6. The fourth-order valence-electron chi connectivity index (χ4n) is 4.26. The third-order valence-electron chi connectivity index (χ3n) is 5.97. The van der Waals surface area contributed by atoms with Gasteiger partial charge in [0.05, 0.1) is 29.1 Å². The molecular formula is C23H22F3N5O5. The van der Waals surface area contributed by atoms with Crippen molar-refractivity contribution in [1.82, 2.24) is 15.1 Å². The van der Waals surface area contributed by atoms with Crippen LogP contribution in [-0.4, -0.2) is 78.3 Å². The third-order valence-corrected chi connectivity index (χ3v) is 5.97. The minimum Gasteiger partial charge on any atom is -0.314 e. The Kier molecular flexibility index (Phi) is 7.04. The number of Topliss-reactive ketones (excluding diaryl/α,β-unsaturated/α-hetero) is 1. The van der Waals surface area contributed by atoms with E-state index in [1.54, 1.807) is 0 Å². The van der Waals surface area contributed by atoms with Crippen LogP contribution >= 0.6 is 0 Å². The molecule has 0 bridgehead atoms. The second-order valence-corrected chi connectivity index (χ2v) is 8.45. The van der Waals surface area contributed by atoms with E-state index in [0.717, 1.165) is 34.1 Å². The highest BCUT2D eigenvalue weighted by atomic mass is 19.4. The predicted molar refractivity (Wildman–Crippen MR) is 122 cm³/mol. The molecule has 2 heterocycles. The van der Waals surface area contributed by atoms with E-state index in [4.69, 9.17) is 0 Å². The van der Waals surface area contributed by atoms with Gasteiger partial charge < -0.3 is 10.2 Å². The number of benzene rings is 2. The SMILES string of the molecule is O=C(CN1CCNCC1)CN1CN(C(=O)c2cccc(C(F)(F)F)c2)c2c(cccc2[N+](=O)[O-])C1=O. The lowest BCUT2D eigenvalue weighted by molar-refractivity contribution is -0.384. The molecule has 0 saturated carbocycles. The molecule has 2 aromatic carbocycles. The largest absolute Gasteiger partial charge is 0.416 e. The first kappa shape index (κ1) is 25.3. The number of carbonyl (C=O) groups excluding carboxylic acids is 3. The molecule has 10 nitrogen and oxygen atoms in total. The number of halogens is 3. The van der Waals surface area contributed by atoms with Gasteiger partial charge in [-0.15, -0.1) is 0 Å². The van der Waals surface area contributed by atoms with Gasteiger partial charge in [0.1, 0.15) is 12.4 Å². The maximum atomic E-state index is 13.4. The van der Waals surface area contributed by atoms with Crippen molar-refractivity contribution in [3.8, 4) is 0 Å². The van der Waals surface area contributed by atoms with Crippen molar-refractivity contribution < 1.29 is 32.5 Å². The molecule has 0 atom stereocenters. The fourth-order valence-corrected chi connectivity index (χ4v) is 4.26. The number of fused-ring (bicyclic) bond motifs is 1. The van der Waals surface area contributed by atoms with Crippen molar-refractivity contribution in [2.75, 3.05) is 50.8 Å². The number of piperazine rings is 1. The summed E-state index contributed by atoms with van der Waals surface area (Å²) >= 11 is 0. The van der Waals surface area contributed by atoms with Crippen LogP contribution in [0.3, 0.4) is 0 Å². The smallest absolute Gasteiger partial charge is 0.314 e. The molecule has 36 heavy (non-hydrogen) atoms. The van der Waals surface area contributed by atoms with Gasteiger partial charge in [-0.3, -0.25) is 34.3 Å². The lowest BCUT2D eigenvalue weighted by Gasteiger charge is -2.36. The van der Waals surface area contributed by atoms with Crippen molar-refractivity contribution in [3.05, 3.63) is 69.3 Å². The standard InChI is InChI=1S/C23H22F3N5O5/c24-23(25,26)16-4-1-3-15(11-16)21(33)30-14-29(13-17(32)12-28-9-7-27-8-10-28)22(34)18-5-2-6-19(20(18)30)31(35)36/h1-6,11,27H,7-10,12-14H2.